The highest BCUT2D eigenvalue weighted by atomic mass is 35.5. The molecule has 0 aliphatic rings. The first kappa shape index (κ1) is 27.0. The SMILES string of the molecule is NC(=O)COc1cc(C(=O)O)nc2ccc(F)cc12.O=C(O)c1cc(OCCCl)c2cc(F)ccc2n1. The average Bonchev–Trinajstić information content (AvgIpc) is 2.85. The summed E-state index contributed by atoms with van der Waals surface area (Å²) >= 11 is 5.51. The second-order valence-electron chi connectivity index (χ2n) is 7.24. The number of rotatable bonds is 8. The Bertz CT molecular complexity index is 1500. The molecule has 0 aliphatic carbocycles. The normalized spacial score (nSPS) is 10.5. The minimum absolute atomic E-state index is 0.0423. The van der Waals surface area contributed by atoms with Crippen LogP contribution in [0.2, 0.25) is 0 Å². The first-order chi connectivity index (χ1) is 17.6. The first-order valence-corrected chi connectivity index (χ1v) is 10.9. The van der Waals surface area contributed by atoms with Crippen LogP contribution in [0.15, 0.2) is 48.5 Å². The van der Waals surface area contributed by atoms with Crippen LogP contribution >= 0.6 is 11.6 Å². The van der Waals surface area contributed by atoms with E-state index < -0.39 is 36.1 Å². The molecule has 2 aromatic carbocycles. The number of benzene rings is 2. The average molecular weight is 534 g/mol. The molecule has 0 fully saturated rings. The Kier molecular flexibility index (Phi) is 8.69. The van der Waals surface area contributed by atoms with Crippen molar-refractivity contribution in [1.29, 1.82) is 0 Å². The van der Waals surface area contributed by atoms with Crippen LogP contribution < -0.4 is 15.2 Å². The standard InChI is InChI=1S/C12H9ClFNO3.C12H9FN2O4/c13-3-4-18-11-6-10(12(16)17)15-9-2-1-7(14)5-8(9)11;13-6-1-2-8-7(3-6)10(19-5-11(14)16)4-9(15-8)12(17)18/h1-2,5-6H,3-4H2,(H,16,17);1-4H,5H2,(H2,14,16)(H,17,18). The molecule has 4 N–H and O–H groups in total. The van der Waals surface area contributed by atoms with Crippen molar-refractivity contribution in [2.75, 3.05) is 19.1 Å². The van der Waals surface area contributed by atoms with E-state index in [1.807, 2.05) is 0 Å². The van der Waals surface area contributed by atoms with Crippen molar-refractivity contribution in [3.05, 3.63) is 71.6 Å². The van der Waals surface area contributed by atoms with Crippen molar-refractivity contribution in [3.63, 3.8) is 0 Å². The summed E-state index contributed by atoms with van der Waals surface area (Å²) in [7, 11) is 0. The van der Waals surface area contributed by atoms with Gasteiger partial charge in [-0.3, -0.25) is 4.79 Å². The molecule has 37 heavy (non-hydrogen) atoms. The van der Waals surface area contributed by atoms with Gasteiger partial charge in [-0.2, -0.15) is 0 Å². The third-order valence-corrected chi connectivity index (χ3v) is 4.76. The van der Waals surface area contributed by atoms with Crippen LogP contribution in [0.3, 0.4) is 0 Å². The Morgan fingerprint density at radius 3 is 1.68 bits per heavy atom. The van der Waals surface area contributed by atoms with Gasteiger partial charge in [0.1, 0.15) is 29.7 Å². The van der Waals surface area contributed by atoms with Gasteiger partial charge in [-0.05, 0) is 36.4 Å². The molecular formula is C24H18ClF2N3O7. The number of fused-ring (bicyclic) bond motifs is 2. The van der Waals surface area contributed by atoms with Crippen LogP contribution in [-0.2, 0) is 4.79 Å². The number of carboxylic acids is 2. The fourth-order valence-electron chi connectivity index (χ4n) is 3.09. The minimum atomic E-state index is -1.25. The van der Waals surface area contributed by atoms with Gasteiger partial charge in [-0.1, -0.05) is 0 Å². The van der Waals surface area contributed by atoms with E-state index in [2.05, 4.69) is 9.97 Å². The van der Waals surface area contributed by atoms with Gasteiger partial charge in [0.05, 0.1) is 16.9 Å². The Labute approximate surface area is 212 Å². The van der Waals surface area contributed by atoms with Gasteiger partial charge in [0, 0.05) is 22.9 Å². The molecule has 0 aliphatic heterocycles. The molecule has 0 saturated heterocycles. The number of nitrogens with two attached hydrogens (primary N) is 1. The molecule has 4 rings (SSSR count). The van der Waals surface area contributed by atoms with E-state index >= 15 is 0 Å². The van der Waals surface area contributed by atoms with Gasteiger partial charge in [0.25, 0.3) is 5.91 Å². The van der Waals surface area contributed by atoms with Crippen LogP contribution in [0, 0.1) is 11.6 Å². The molecule has 2 aromatic heterocycles. The smallest absolute Gasteiger partial charge is 0.354 e. The summed E-state index contributed by atoms with van der Waals surface area (Å²) in [6.45, 7) is -0.231. The number of aromatic carboxylic acids is 2. The number of alkyl halides is 1. The largest absolute Gasteiger partial charge is 0.492 e. The highest BCUT2D eigenvalue weighted by Gasteiger charge is 2.14. The van der Waals surface area contributed by atoms with Crippen molar-refractivity contribution in [2.24, 2.45) is 5.73 Å². The lowest BCUT2D eigenvalue weighted by molar-refractivity contribution is -0.119. The van der Waals surface area contributed by atoms with E-state index in [-0.39, 0.29) is 46.3 Å². The highest BCUT2D eigenvalue weighted by Crippen LogP contribution is 2.27. The zero-order valence-corrected chi connectivity index (χ0v) is 19.5. The molecule has 0 spiro atoms. The fraction of sp³-hybridized carbons (Fsp3) is 0.125. The van der Waals surface area contributed by atoms with Gasteiger partial charge in [0.15, 0.2) is 18.0 Å². The van der Waals surface area contributed by atoms with E-state index in [1.165, 1.54) is 30.3 Å². The van der Waals surface area contributed by atoms with Gasteiger partial charge >= 0.3 is 11.9 Å². The quantitative estimate of drug-likeness (QED) is 0.287. The number of halogens is 3. The number of hydrogen-bond donors (Lipinski definition) is 3. The van der Waals surface area contributed by atoms with Crippen molar-refractivity contribution in [3.8, 4) is 11.5 Å². The number of ether oxygens (including phenoxy) is 2. The van der Waals surface area contributed by atoms with Crippen LogP contribution in [-0.4, -0.2) is 57.1 Å². The van der Waals surface area contributed by atoms with Crippen LogP contribution in [0.4, 0.5) is 8.78 Å². The molecule has 192 valence electrons. The number of aromatic nitrogens is 2. The van der Waals surface area contributed by atoms with Gasteiger partial charge in [-0.25, -0.2) is 28.3 Å². The molecular weight excluding hydrogens is 516 g/mol. The zero-order valence-electron chi connectivity index (χ0n) is 18.8. The molecule has 0 unspecified atom stereocenters. The Balaban J connectivity index is 0.000000206. The van der Waals surface area contributed by atoms with E-state index in [1.54, 1.807) is 0 Å². The monoisotopic (exact) mass is 533 g/mol. The fourth-order valence-corrected chi connectivity index (χ4v) is 3.17. The van der Waals surface area contributed by atoms with Crippen LogP contribution in [0.1, 0.15) is 21.0 Å². The summed E-state index contributed by atoms with van der Waals surface area (Å²) < 4.78 is 36.7. The number of pyridine rings is 2. The number of nitrogens with zero attached hydrogens (tertiary/aromatic N) is 2. The predicted molar refractivity (Wildman–Crippen MR) is 128 cm³/mol. The van der Waals surface area contributed by atoms with Crippen molar-refractivity contribution in [1.82, 2.24) is 9.97 Å². The summed E-state index contributed by atoms with van der Waals surface area (Å²) in [5.74, 6) is -3.56. The van der Waals surface area contributed by atoms with Crippen LogP contribution in [0.5, 0.6) is 11.5 Å². The molecule has 0 atom stereocenters. The van der Waals surface area contributed by atoms with E-state index in [0.29, 0.717) is 10.9 Å². The maximum absolute atomic E-state index is 13.2. The molecule has 1 amide bonds. The molecule has 0 saturated carbocycles. The number of primary amides is 1. The molecule has 2 heterocycles. The molecule has 10 nitrogen and oxygen atoms in total. The predicted octanol–water partition coefficient (Wildman–Crippen LogP) is 3.63. The van der Waals surface area contributed by atoms with E-state index in [0.717, 1.165) is 18.2 Å². The Morgan fingerprint density at radius 2 is 1.27 bits per heavy atom. The summed E-state index contributed by atoms with van der Waals surface area (Å²) in [4.78, 5) is 40.3. The Hall–Kier alpha value is -4.58. The second-order valence-corrected chi connectivity index (χ2v) is 7.61. The summed E-state index contributed by atoms with van der Waals surface area (Å²) in [5.41, 5.74) is 5.14. The first-order valence-electron chi connectivity index (χ1n) is 10.4. The molecule has 13 heteroatoms. The van der Waals surface area contributed by atoms with Crippen molar-refractivity contribution >= 4 is 51.3 Å². The zero-order chi connectivity index (χ0) is 27.1. The minimum Gasteiger partial charge on any atom is -0.492 e. The molecule has 4 aromatic rings. The van der Waals surface area contributed by atoms with E-state index in [4.69, 9.17) is 37.0 Å². The van der Waals surface area contributed by atoms with Crippen molar-refractivity contribution < 1.29 is 42.9 Å². The van der Waals surface area contributed by atoms with Crippen LogP contribution in [0.25, 0.3) is 21.8 Å². The number of carbonyl (C=O) groups excluding carboxylic acids is 1. The number of amides is 1. The topological polar surface area (TPSA) is 162 Å². The van der Waals surface area contributed by atoms with E-state index in [9.17, 15) is 23.2 Å². The highest BCUT2D eigenvalue weighted by molar-refractivity contribution is 6.18. The third-order valence-electron chi connectivity index (χ3n) is 4.61. The second kappa shape index (κ2) is 11.9. The van der Waals surface area contributed by atoms with Gasteiger partial charge in [0.2, 0.25) is 0 Å². The summed E-state index contributed by atoms with van der Waals surface area (Å²) in [6.07, 6.45) is 0. The lowest BCUT2D eigenvalue weighted by Crippen LogP contribution is -2.20. The Morgan fingerprint density at radius 1 is 0.811 bits per heavy atom. The number of carbonyl (C=O) groups is 3. The van der Waals surface area contributed by atoms with Gasteiger partial charge in [-0.15, -0.1) is 11.6 Å². The number of carboxylic acid groups (broad SMARTS) is 2. The lowest BCUT2D eigenvalue weighted by atomic mass is 10.1. The lowest BCUT2D eigenvalue weighted by Gasteiger charge is -2.09. The maximum atomic E-state index is 13.2. The summed E-state index contributed by atoms with van der Waals surface area (Å²) in [5, 5.41) is 18.5. The molecule has 0 bridgehead atoms. The van der Waals surface area contributed by atoms with Crippen molar-refractivity contribution in [2.45, 2.75) is 0 Å². The molecule has 0 radical (unpaired) electrons. The maximum Gasteiger partial charge on any atom is 0.354 e. The summed E-state index contributed by atoms with van der Waals surface area (Å²) in [6, 6.07) is 9.87. The third kappa shape index (κ3) is 6.98. The number of hydrogen-bond acceptors (Lipinski definition) is 7. The van der Waals surface area contributed by atoms with Gasteiger partial charge < -0.3 is 25.4 Å².